The van der Waals surface area contributed by atoms with E-state index >= 15 is 4.39 Å². The Bertz CT molecular complexity index is 1000. The third-order valence-corrected chi connectivity index (χ3v) is 4.89. The zero-order valence-corrected chi connectivity index (χ0v) is 16.4. The molecule has 1 fully saturated rings. The van der Waals surface area contributed by atoms with E-state index in [4.69, 9.17) is 9.47 Å². The van der Waals surface area contributed by atoms with E-state index in [1.54, 1.807) is 10.6 Å². The van der Waals surface area contributed by atoms with Crippen molar-refractivity contribution in [3.8, 4) is 5.75 Å². The number of aromatic nitrogens is 1. The Balaban J connectivity index is 2.27. The van der Waals surface area contributed by atoms with Crippen molar-refractivity contribution >= 4 is 22.6 Å². The first-order valence-electron chi connectivity index (χ1n) is 9.21. The number of halogens is 1. The van der Waals surface area contributed by atoms with Crippen LogP contribution in [0.1, 0.15) is 10.4 Å². The van der Waals surface area contributed by atoms with Crippen molar-refractivity contribution in [3.05, 3.63) is 46.5 Å². The number of pyridine rings is 1. The van der Waals surface area contributed by atoms with Crippen molar-refractivity contribution in [1.29, 1.82) is 0 Å². The van der Waals surface area contributed by atoms with Gasteiger partial charge in [-0.15, -0.1) is 6.58 Å². The van der Waals surface area contributed by atoms with Crippen molar-refractivity contribution in [2.75, 3.05) is 45.3 Å². The van der Waals surface area contributed by atoms with Crippen LogP contribution in [-0.2, 0) is 11.3 Å². The van der Waals surface area contributed by atoms with Gasteiger partial charge in [0.05, 0.1) is 30.7 Å². The predicted molar refractivity (Wildman–Crippen MR) is 108 cm³/mol. The van der Waals surface area contributed by atoms with Gasteiger partial charge in [-0.3, -0.25) is 4.79 Å². The second-order valence-corrected chi connectivity index (χ2v) is 6.75. The summed E-state index contributed by atoms with van der Waals surface area (Å²) in [7, 11) is 3.21. The van der Waals surface area contributed by atoms with Crippen LogP contribution in [0.5, 0.6) is 5.75 Å². The molecule has 1 aliphatic heterocycles. The molecule has 1 atom stereocenters. The lowest BCUT2D eigenvalue weighted by Gasteiger charge is -2.35. The van der Waals surface area contributed by atoms with Gasteiger partial charge in [0.1, 0.15) is 11.3 Å². The Kier molecular flexibility index (Phi) is 6.19. The van der Waals surface area contributed by atoms with E-state index in [-0.39, 0.29) is 29.5 Å². The van der Waals surface area contributed by atoms with Crippen molar-refractivity contribution in [1.82, 2.24) is 9.88 Å². The SMILES string of the molecule is C=CCn1cc(C(=O)O)c(=O)c2cc(F)c(N3CCOC(CNC)C3)c(OC)c21. The van der Waals surface area contributed by atoms with E-state index in [9.17, 15) is 14.7 Å². The first-order chi connectivity index (χ1) is 13.9. The Hall–Kier alpha value is -2.91. The molecule has 9 heteroatoms. The van der Waals surface area contributed by atoms with E-state index < -0.39 is 22.8 Å². The molecule has 0 bridgehead atoms. The van der Waals surface area contributed by atoms with Crippen LogP contribution in [0.15, 0.2) is 29.7 Å². The van der Waals surface area contributed by atoms with Gasteiger partial charge in [-0.2, -0.15) is 0 Å². The maximum absolute atomic E-state index is 15.2. The molecule has 8 nitrogen and oxygen atoms in total. The summed E-state index contributed by atoms with van der Waals surface area (Å²) in [6.45, 7) is 5.84. The molecular weight excluding hydrogens is 381 g/mol. The molecular formula is C20H24FN3O5. The van der Waals surface area contributed by atoms with Gasteiger partial charge in [-0.05, 0) is 13.1 Å². The normalized spacial score (nSPS) is 16.8. The Morgan fingerprint density at radius 1 is 1.55 bits per heavy atom. The number of likely N-dealkylation sites (N-methyl/N-ethyl adjacent to an activating group) is 1. The van der Waals surface area contributed by atoms with E-state index in [1.807, 2.05) is 11.9 Å². The van der Waals surface area contributed by atoms with Gasteiger partial charge in [-0.25, -0.2) is 9.18 Å². The number of rotatable bonds is 7. The van der Waals surface area contributed by atoms with Crippen molar-refractivity contribution in [2.45, 2.75) is 12.6 Å². The minimum Gasteiger partial charge on any atom is -0.492 e. The van der Waals surface area contributed by atoms with E-state index in [2.05, 4.69) is 11.9 Å². The van der Waals surface area contributed by atoms with Crippen LogP contribution < -0.4 is 20.4 Å². The average Bonchev–Trinajstić information content (AvgIpc) is 2.69. The predicted octanol–water partition coefficient (Wildman–Crippen LogP) is 1.46. The lowest BCUT2D eigenvalue weighted by molar-refractivity contribution is 0.0418. The van der Waals surface area contributed by atoms with Gasteiger partial charge in [0, 0.05) is 32.4 Å². The van der Waals surface area contributed by atoms with Crippen LogP contribution in [0.3, 0.4) is 0 Å². The van der Waals surface area contributed by atoms with Gasteiger partial charge in [-0.1, -0.05) is 6.08 Å². The van der Waals surface area contributed by atoms with Crippen molar-refractivity contribution in [3.63, 3.8) is 0 Å². The molecule has 2 aromatic rings. The van der Waals surface area contributed by atoms with Gasteiger partial charge < -0.3 is 29.4 Å². The summed E-state index contributed by atoms with van der Waals surface area (Å²) >= 11 is 0. The third kappa shape index (κ3) is 3.83. The summed E-state index contributed by atoms with van der Waals surface area (Å²) in [5, 5.41) is 12.4. The first kappa shape index (κ1) is 20.8. The number of carbonyl (C=O) groups is 1. The Morgan fingerprint density at radius 2 is 2.31 bits per heavy atom. The maximum Gasteiger partial charge on any atom is 0.341 e. The monoisotopic (exact) mass is 405 g/mol. The highest BCUT2D eigenvalue weighted by Crippen LogP contribution is 2.38. The van der Waals surface area contributed by atoms with E-state index in [1.165, 1.54) is 13.3 Å². The molecule has 29 heavy (non-hydrogen) atoms. The molecule has 1 aromatic carbocycles. The van der Waals surface area contributed by atoms with Gasteiger partial charge in [0.2, 0.25) is 5.43 Å². The number of morpholine rings is 1. The number of fused-ring (bicyclic) bond motifs is 1. The number of anilines is 1. The van der Waals surface area contributed by atoms with Crippen LogP contribution in [-0.4, -0.2) is 62.1 Å². The number of carboxylic acid groups (broad SMARTS) is 1. The number of benzene rings is 1. The second-order valence-electron chi connectivity index (χ2n) is 6.75. The average molecular weight is 405 g/mol. The second kappa shape index (κ2) is 8.62. The number of hydrogen-bond acceptors (Lipinski definition) is 6. The first-order valence-corrected chi connectivity index (χ1v) is 9.21. The number of nitrogens with one attached hydrogen (secondary N) is 1. The number of nitrogens with zero attached hydrogens (tertiary/aromatic N) is 2. The Morgan fingerprint density at radius 3 is 2.93 bits per heavy atom. The summed E-state index contributed by atoms with van der Waals surface area (Å²) in [6, 6.07) is 1.09. The molecule has 2 N–H and O–H groups in total. The minimum absolute atomic E-state index is 0.0510. The Labute approximate surface area is 167 Å². The van der Waals surface area contributed by atoms with Crippen LogP contribution in [0, 0.1) is 5.82 Å². The lowest BCUT2D eigenvalue weighted by atomic mass is 10.1. The van der Waals surface area contributed by atoms with E-state index in [0.717, 1.165) is 6.07 Å². The number of methoxy groups -OCH3 is 1. The molecule has 1 unspecified atom stereocenters. The molecule has 1 saturated heterocycles. The van der Waals surface area contributed by atoms with Crippen molar-refractivity contribution in [2.24, 2.45) is 0 Å². The van der Waals surface area contributed by atoms with E-state index in [0.29, 0.717) is 31.8 Å². The van der Waals surface area contributed by atoms with Gasteiger partial charge >= 0.3 is 5.97 Å². The molecule has 2 heterocycles. The topological polar surface area (TPSA) is 93.0 Å². The van der Waals surface area contributed by atoms with Crippen LogP contribution in [0.4, 0.5) is 10.1 Å². The molecule has 3 rings (SSSR count). The van der Waals surface area contributed by atoms with Gasteiger partial charge in [0.25, 0.3) is 0 Å². The van der Waals surface area contributed by atoms with Crippen LogP contribution >= 0.6 is 0 Å². The number of allylic oxidation sites excluding steroid dienone is 1. The fourth-order valence-electron chi connectivity index (χ4n) is 3.69. The largest absolute Gasteiger partial charge is 0.492 e. The summed E-state index contributed by atoms with van der Waals surface area (Å²) in [5.74, 6) is -1.84. The molecule has 0 spiro atoms. The molecule has 156 valence electrons. The number of aromatic carboxylic acids is 1. The zero-order chi connectivity index (χ0) is 21.1. The molecule has 0 radical (unpaired) electrons. The molecule has 0 amide bonds. The number of carboxylic acids is 1. The fraction of sp³-hybridized carbons (Fsp3) is 0.400. The third-order valence-electron chi connectivity index (χ3n) is 4.89. The van der Waals surface area contributed by atoms with Crippen LogP contribution in [0.2, 0.25) is 0 Å². The highest BCUT2D eigenvalue weighted by atomic mass is 19.1. The minimum atomic E-state index is -1.37. The smallest absolute Gasteiger partial charge is 0.341 e. The fourth-order valence-corrected chi connectivity index (χ4v) is 3.69. The van der Waals surface area contributed by atoms with Crippen LogP contribution in [0.25, 0.3) is 10.9 Å². The summed E-state index contributed by atoms with van der Waals surface area (Å²) in [4.78, 5) is 26.0. The molecule has 1 aliphatic rings. The quantitative estimate of drug-likeness (QED) is 0.674. The molecule has 0 saturated carbocycles. The van der Waals surface area contributed by atoms with Crippen molar-refractivity contribution < 1.29 is 23.8 Å². The molecule has 0 aliphatic carbocycles. The molecule has 1 aromatic heterocycles. The number of ether oxygens (including phenoxy) is 2. The summed E-state index contributed by atoms with van der Waals surface area (Å²) in [5.41, 5.74) is -0.638. The zero-order valence-electron chi connectivity index (χ0n) is 16.4. The summed E-state index contributed by atoms with van der Waals surface area (Å²) in [6.07, 6.45) is 2.68. The standard InChI is InChI=1S/C20H24FN3O5/c1-4-5-23-11-14(20(26)27)18(25)13-8-15(21)17(19(28-3)16(13)23)24-6-7-29-12(10-24)9-22-2/h4,8,11-12,22H,1,5-7,9-10H2,2-3H3,(H,26,27). The lowest BCUT2D eigenvalue weighted by Crippen LogP contribution is -2.46. The maximum atomic E-state index is 15.2. The summed E-state index contributed by atoms with van der Waals surface area (Å²) < 4.78 is 28.0. The van der Waals surface area contributed by atoms with Gasteiger partial charge in [0.15, 0.2) is 11.6 Å². The highest BCUT2D eigenvalue weighted by molar-refractivity contribution is 5.97. The number of hydrogen-bond donors (Lipinski definition) is 2. The highest BCUT2D eigenvalue weighted by Gasteiger charge is 2.28.